The highest BCUT2D eigenvalue weighted by Crippen LogP contribution is 2.15. The van der Waals surface area contributed by atoms with Crippen molar-refractivity contribution < 1.29 is 19.8 Å². The molecule has 17 heavy (non-hydrogen) atoms. The summed E-state index contributed by atoms with van der Waals surface area (Å²) < 4.78 is 0. The number of carbonyl (C=O) groups excluding carboxylic acids is 1. The topological polar surface area (TPSA) is 86.6 Å². The van der Waals surface area contributed by atoms with Gasteiger partial charge in [0.1, 0.15) is 18.1 Å². The Hall–Kier alpha value is -1.88. The normalized spacial score (nSPS) is 16.7. The van der Waals surface area contributed by atoms with E-state index in [4.69, 9.17) is 5.11 Å². The molecule has 92 valence electrons. The Labute approximate surface area is 99.1 Å². The third-order valence-electron chi connectivity index (χ3n) is 2.37. The Balaban J connectivity index is 2.64. The van der Waals surface area contributed by atoms with Gasteiger partial charge in [-0.2, -0.15) is 0 Å². The second-order valence-electron chi connectivity index (χ2n) is 3.69. The summed E-state index contributed by atoms with van der Waals surface area (Å²) in [5.41, 5.74) is 0.885. The molecule has 0 aromatic heterocycles. The van der Waals surface area contributed by atoms with Gasteiger partial charge in [0.15, 0.2) is 0 Å². The van der Waals surface area contributed by atoms with Crippen molar-refractivity contribution in [2.24, 2.45) is 0 Å². The zero-order valence-corrected chi connectivity index (χ0v) is 9.30. The molecule has 0 aliphatic heterocycles. The quantitative estimate of drug-likeness (QED) is 0.599. The highest BCUT2D eigenvalue weighted by Gasteiger charge is 2.17. The molecule has 0 bridgehead atoms. The van der Waals surface area contributed by atoms with E-state index in [1.54, 1.807) is 18.2 Å². The fraction of sp³-hybridized carbons (Fsp3) is 0.333. The molecule has 0 unspecified atom stereocenters. The van der Waals surface area contributed by atoms with Gasteiger partial charge >= 0.3 is 5.97 Å². The minimum Gasteiger partial charge on any atom is -0.508 e. The number of aliphatic hydroxyl groups excluding tert-OH is 1. The molecule has 3 N–H and O–H groups in total. The van der Waals surface area contributed by atoms with Gasteiger partial charge in [0.25, 0.3) is 0 Å². The van der Waals surface area contributed by atoms with Gasteiger partial charge in [-0.15, -0.1) is 0 Å². The number of carbonyl (C=O) groups is 2. The molecule has 5 heteroatoms. The van der Waals surface area contributed by atoms with Gasteiger partial charge in [-0.05, 0) is 25.0 Å². The number of rotatable bonds is 6. The Bertz CT molecular complexity index is 382. The van der Waals surface area contributed by atoms with Crippen LogP contribution in [-0.4, -0.2) is 35.1 Å². The van der Waals surface area contributed by atoms with Crippen LogP contribution in [0.15, 0.2) is 35.6 Å². The van der Waals surface area contributed by atoms with Crippen LogP contribution in [0.3, 0.4) is 0 Å². The molecule has 0 spiro atoms. The Kier molecular flexibility index (Phi) is 5.16. The van der Waals surface area contributed by atoms with Crippen molar-refractivity contribution in [2.45, 2.75) is 18.9 Å². The van der Waals surface area contributed by atoms with E-state index in [1.165, 1.54) is 6.08 Å². The zero-order chi connectivity index (χ0) is 12.7. The SMILES string of the molecule is O=CCN[C@@H](CC1=CC=C(O)C=CC1)C(=O)O. The van der Waals surface area contributed by atoms with Crippen molar-refractivity contribution in [1.82, 2.24) is 5.32 Å². The van der Waals surface area contributed by atoms with Gasteiger partial charge < -0.3 is 15.0 Å². The molecule has 1 aliphatic rings. The minimum absolute atomic E-state index is 0.0151. The van der Waals surface area contributed by atoms with Gasteiger partial charge in [0, 0.05) is 0 Å². The van der Waals surface area contributed by atoms with Crippen LogP contribution >= 0.6 is 0 Å². The van der Waals surface area contributed by atoms with Crippen molar-refractivity contribution >= 4 is 12.3 Å². The number of aliphatic hydroxyl groups is 1. The zero-order valence-electron chi connectivity index (χ0n) is 9.30. The Morgan fingerprint density at radius 3 is 2.94 bits per heavy atom. The monoisotopic (exact) mass is 237 g/mol. The van der Waals surface area contributed by atoms with Crippen LogP contribution in [-0.2, 0) is 9.59 Å². The first-order valence-corrected chi connectivity index (χ1v) is 5.28. The molecule has 1 atom stereocenters. The average Bonchev–Trinajstić information content (AvgIpc) is 2.49. The number of hydrogen-bond acceptors (Lipinski definition) is 4. The van der Waals surface area contributed by atoms with Crippen molar-refractivity contribution in [2.75, 3.05) is 6.54 Å². The van der Waals surface area contributed by atoms with E-state index in [-0.39, 0.29) is 12.3 Å². The van der Waals surface area contributed by atoms with Gasteiger partial charge in [-0.3, -0.25) is 10.1 Å². The molecule has 5 nitrogen and oxygen atoms in total. The lowest BCUT2D eigenvalue weighted by molar-refractivity contribution is -0.139. The minimum atomic E-state index is -0.992. The molecular formula is C12H15NO4. The highest BCUT2D eigenvalue weighted by molar-refractivity contribution is 5.74. The smallest absolute Gasteiger partial charge is 0.321 e. The summed E-state index contributed by atoms with van der Waals surface area (Å²) in [7, 11) is 0. The lowest BCUT2D eigenvalue weighted by Crippen LogP contribution is -2.38. The number of allylic oxidation sites excluding steroid dienone is 4. The first-order chi connectivity index (χ1) is 8.13. The lowest BCUT2D eigenvalue weighted by atomic mass is 10.0. The Morgan fingerprint density at radius 2 is 2.29 bits per heavy atom. The lowest BCUT2D eigenvalue weighted by Gasteiger charge is -2.13. The maximum Gasteiger partial charge on any atom is 0.321 e. The van der Waals surface area contributed by atoms with Crippen LogP contribution in [0, 0.1) is 0 Å². The molecule has 0 saturated carbocycles. The summed E-state index contributed by atoms with van der Waals surface area (Å²) in [5, 5.41) is 20.8. The largest absolute Gasteiger partial charge is 0.508 e. The fourth-order valence-corrected chi connectivity index (χ4v) is 1.51. The molecule has 0 aromatic rings. The second-order valence-corrected chi connectivity index (χ2v) is 3.69. The summed E-state index contributed by atoms with van der Waals surface area (Å²) in [6.07, 6.45) is 8.08. The maximum atomic E-state index is 10.9. The number of aldehydes is 1. The fourth-order valence-electron chi connectivity index (χ4n) is 1.51. The van der Waals surface area contributed by atoms with Crippen LogP contribution in [0.5, 0.6) is 0 Å². The van der Waals surface area contributed by atoms with Crippen LogP contribution in [0.25, 0.3) is 0 Å². The summed E-state index contributed by atoms with van der Waals surface area (Å²) in [6, 6.07) is -0.784. The van der Waals surface area contributed by atoms with E-state index in [0.717, 1.165) is 5.57 Å². The molecule has 1 aliphatic carbocycles. The van der Waals surface area contributed by atoms with Crippen LogP contribution in [0.1, 0.15) is 12.8 Å². The summed E-state index contributed by atoms with van der Waals surface area (Å²) in [4.78, 5) is 21.1. The molecule has 0 saturated heterocycles. The number of carboxylic acid groups (broad SMARTS) is 1. The first kappa shape index (κ1) is 13.2. The standard InChI is InChI=1S/C12H15NO4/c14-7-6-13-11(12(16)17)8-9-2-1-3-10(15)5-4-9/h1,3-5,7,11,13,15H,2,6,8H2,(H,16,17)/t11-/m0/s1. The molecule has 0 heterocycles. The molecule has 0 amide bonds. The third-order valence-corrected chi connectivity index (χ3v) is 2.37. The van der Waals surface area contributed by atoms with E-state index in [0.29, 0.717) is 19.1 Å². The number of carboxylic acids is 1. The second kappa shape index (κ2) is 6.65. The van der Waals surface area contributed by atoms with Crippen molar-refractivity contribution in [3.05, 3.63) is 35.6 Å². The maximum absolute atomic E-state index is 10.9. The van der Waals surface area contributed by atoms with Crippen LogP contribution < -0.4 is 5.32 Å². The highest BCUT2D eigenvalue weighted by atomic mass is 16.4. The van der Waals surface area contributed by atoms with Gasteiger partial charge in [-0.1, -0.05) is 17.7 Å². The number of aliphatic carboxylic acids is 1. The van der Waals surface area contributed by atoms with E-state index in [9.17, 15) is 14.7 Å². The molecule has 1 rings (SSSR count). The van der Waals surface area contributed by atoms with E-state index < -0.39 is 12.0 Å². The van der Waals surface area contributed by atoms with Gasteiger partial charge in [0.2, 0.25) is 0 Å². The number of nitrogens with one attached hydrogen (secondary N) is 1. The van der Waals surface area contributed by atoms with E-state index in [2.05, 4.69) is 5.32 Å². The van der Waals surface area contributed by atoms with Crippen molar-refractivity contribution in [1.29, 1.82) is 0 Å². The first-order valence-electron chi connectivity index (χ1n) is 5.28. The predicted octanol–water partition coefficient (Wildman–Crippen LogP) is 0.946. The molecule has 0 aromatic carbocycles. The van der Waals surface area contributed by atoms with E-state index >= 15 is 0 Å². The predicted molar refractivity (Wildman–Crippen MR) is 62.7 cm³/mol. The van der Waals surface area contributed by atoms with E-state index in [1.807, 2.05) is 0 Å². The Morgan fingerprint density at radius 1 is 1.53 bits per heavy atom. The number of hydrogen-bond donors (Lipinski definition) is 3. The average molecular weight is 237 g/mol. The van der Waals surface area contributed by atoms with Crippen LogP contribution in [0.4, 0.5) is 0 Å². The third kappa shape index (κ3) is 4.65. The summed E-state index contributed by atoms with van der Waals surface area (Å²) >= 11 is 0. The van der Waals surface area contributed by atoms with Gasteiger partial charge in [0.05, 0.1) is 6.54 Å². The summed E-state index contributed by atoms with van der Waals surface area (Å²) in [6.45, 7) is 0.0151. The molecule has 0 fully saturated rings. The van der Waals surface area contributed by atoms with Gasteiger partial charge in [-0.25, -0.2) is 0 Å². The molecular weight excluding hydrogens is 222 g/mol. The molecule has 0 radical (unpaired) electrons. The summed E-state index contributed by atoms with van der Waals surface area (Å²) in [5.74, 6) is -0.845. The van der Waals surface area contributed by atoms with Crippen LogP contribution in [0.2, 0.25) is 0 Å². The van der Waals surface area contributed by atoms with Crippen molar-refractivity contribution in [3.8, 4) is 0 Å². The van der Waals surface area contributed by atoms with Crippen molar-refractivity contribution in [3.63, 3.8) is 0 Å².